The Balaban J connectivity index is 2.15. The average molecular weight is 409 g/mol. The molecular formula is C16H13ClN4O5S. The Morgan fingerprint density at radius 3 is 2.15 bits per heavy atom. The Morgan fingerprint density at radius 2 is 1.63 bits per heavy atom. The molecule has 0 unspecified atom stereocenters. The SMILES string of the molecule is NC(=O)N(O)c1nc(-c2ccc(Cl)cc2)c(-c2ccc(S(N)(=O)=O)cc2)o1. The molecule has 3 rings (SSSR count). The van der Waals surface area contributed by atoms with Crippen LogP contribution < -0.4 is 15.9 Å². The summed E-state index contributed by atoms with van der Waals surface area (Å²) in [6.45, 7) is 0. The molecule has 1 aromatic heterocycles. The topological polar surface area (TPSA) is 153 Å². The Morgan fingerprint density at radius 1 is 1.07 bits per heavy atom. The molecule has 0 atom stereocenters. The first-order valence-electron chi connectivity index (χ1n) is 7.35. The van der Waals surface area contributed by atoms with Crippen molar-refractivity contribution in [3.63, 3.8) is 0 Å². The molecule has 11 heteroatoms. The van der Waals surface area contributed by atoms with Gasteiger partial charge in [-0.2, -0.15) is 4.98 Å². The maximum absolute atomic E-state index is 11.4. The van der Waals surface area contributed by atoms with Gasteiger partial charge in [-0.05, 0) is 36.4 Å². The first-order chi connectivity index (χ1) is 12.7. The van der Waals surface area contributed by atoms with Crippen LogP contribution in [0.1, 0.15) is 0 Å². The molecule has 5 N–H and O–H groups in total. The van der Waals surface area contributed by atoms with Crippen molar-refractivity contribution >= 4 is 33.7 Å². The van der Waals surface area contributed by atoms with E-state index in [1.54, 1.807) is 24.3 Å². The molecule has 0 aliphatic carbocycles. The summed E-state index contributed by atoms with van der Waals surface area (Å²) >= 11 is 5.89. The molecule has 27 heavy (non-hydrogen) atoms. The lowest BCUT2D eigenvalue weighted by Crippen LogP contribution is -2.32. The number of amides is 2. The van der Waals surface area contributed by atoms with E-state index in [4.69, 9.17) is 26.9 Å². The van der Waals surface area contributed by atoms with E-state index in [0.717, 1.165) is 0 Å². The highest BCUT2D eigenvalue weighted by atomic mass is 35.5. The summed E-state index contributed by atoms with van der Waals surface area (Å²) in [7, 11) is -3.86. The third-order valence-corrected chi connectivity index (χ3v) is 4.75. The number of carbonyl (C=O) groups is 1. The fourth-order valence-corrected chi connectivity index (χ4v) is 2.93. The van der Waals surface area contributed by atoms with Gasteiger partial charge in [0.2, 0.25) is 10.0 Å². The van der Waals surface area contributed by atoms with Crippen LogP contribution in [-0.4, -0.2) is 24.6 Å². The largest absolute Gasteiger partial charge is 0.421 e. The number of rotatable bonds is 4. The number of hydrogen-bond donors (Lipinski definition) is 3. The van der Waals surface area contributed by atoms with Crippen LogP contribution in [0.15, 0.2) is 57.8 Å². The van der Waals surface area contributed by atoms with E-state index in [0.29, 0.717) is 16.1 Å². The molecular weight excluding hydrogens is 396 g/mol. The first-order valence-corrected chi connectivity index (χ1v) is 9.27. The van der Waals surface area contributed by atoms with E-state index in [1.165, 1.54) is 24.3 Å². The molecule has 0 spiro atoms. The molecule has 0 radical (unpaired) electrons. The van der Waals surface area contributed by atoms with E-state index in [2.05, 4.69) is 4.98 Å². The molecule has 0 bridgehead atoms. The van der Waals surface area contributed by atoms with Gasteiger partial charge in [-0.25, -0.2) is 18.4 Å². The van der Waals surface area contributed by atoms with Gasteiger partial charge in [0.15, 0.2) is 5.76 Å². The summed E-state index contributed by atoms with van der Waals surface area (Å²) in [5, 5.41) is 15.4. The quantitative estimate of drug-likeness (QED) is 0.445. The van der Waals surface area contributed by atoms with Crippen molar-refractivity contribution in [2.45, 2.75) is 4.90 Å². The van der Waals surface area contributed by atoms with Gasteiger partial charge in [-0.3, -0.25) is 5.21 Å². The van der Waals surface area contributed by atoms with Crippen molar-refractivity contribution < 1.29 is 22.8 Å². The molecule has 3 aromatic rings. The summed E-state index contributed by atoms with van der Waals surface area (Å²) in [5.74, 6) is 0.175. The summed E-state index contributed by atoms with van der Waals surface area (Å²) in [6.07, 6.45) is 0. The molecule has 0 aliphatic rings. The lowest BCUT2D eigenvalue weighted by molar-refractivity contribution is 0.203. The fourth-order valence-electron chi connectivity index (χ4n) is 2.29. The standard InChI is InChI=1S/C16H13ClN4O5S/c17-11-5-1-9(2-6-11)13-14(26-16(20-13)21(23)15(18)22)10-3-7-12(8-4-10)27(19,24)25/h1-8,23H,(H2,18,22)(H2,19,24,25). The minimum Gasteiger partial charge on any atom is -0.421 e. The number of hydrogen-bond acceptors (Lipinski definition) is 6. The van der Waals surface area contributed by atoms with Gasteiger partial charge >= 0.3 is 12.0 Å². The normalized spacial score (nSPS) is 11.4. The van der Waals surface area contributed by atoms with Crippen LogP contribution in [0.5, 0.6) is 0 Å². The van der Waals surface area contributed by atoms with Crippen molar-refractivity contribution in [3.05, 3.63) is 53.6 Å². The number of aromatic nitrogens is 1. The highest BCUT2D eigenvalue weighted by Crippen LogP contribution is 2.36. The van der Waals surface area contributed by atoms with Gasteiger partial charge in [-0.1, -0.05) is 23.7 Å². The van der Waals surface area contributed by atoms with Crippen LogP contribution >= 0.6 is 11.6 Å². The van der Waals surface area contributed by atoms with E-state index in [1.807, 2.05) is 0 Å². The number of halogens is 1. The molecule has 0 fully saturated rings. The Kier molecular flexibility index (Phi) is 4.89. The number of benzene rings is 2. The fraction of sp³-hybridized carbons (Fsp3) is 0. The van der Waals surface area contributed by atoms with Crippen molar-refractivity contribution in [2.24, 2.45) is 10.9 Å². The summed E-state index contributed by atoms with van der Waals surface area (Å²) < 4.78 is 28.3. The van der Waals surface area contributed by atoms with Gasteiger partial charge < -0.3 is 10.2 Å². The van der Waals surface area contributed by atoms with E-state index in [-0.39, 0.29) is 21.4 Å². The molecule has 2 amide bonds. The van der Waals surface area contributed by atoms with Crippen LogP contribution in [0.2, 0.25) is 5.02 Å². The Bertz CT molecular complexity index is 1090. The van der Waals surface area contributed by atoms with E-state index >= 15 is 0 Å². The number of carbonyl (C=O) groups excluding carboxylic acids is 1. The maximum Gasteiger partial charge on any atom is 0.347 e. The summed E-state index contributed by atoms with van der Waals surface area (Å²) in [5.41, 5.74) is 6.33. The summed E-state index contributed by atoms with van der Waals surface area (Å²) in [6, 6.07) is 10.5. The van der Waals surface area contributed by atoms with Crippen LogP contribution in [0.25, 0.3) is 22.6 Å². The highest BCUT2D eigenvalue weighted by Gasteiger charge is 2.23. The predicted molar refractivity (Wildman–Crippen MR) is 97.6 cm³/mol. The molecule has 1 heterocycles. The number of oxazole rings is 1. The Labute approximate surface area is 158 Å². The van der Waals surface area contributed by atoms with Crippen molar-refractivity contribution in [1.29, 1.82) is 0 Å². The predicted octanol–water partition coefficient (Wildman–Crippen LogP) is 2.58. The minimum absolute atomic E-state index is 0.0572. The van der Waals surface area contributed by atoms with E-state index in [9.17, 15) is 18.4 Å². The average Bonchev–Trinajstić information content (AvgIpc) is 3.06. The number of nitrogens with two attached hydrogens (primary N) is 2. The number of hydroxylamine groups is 1. The number of anilines is 1. The number of nitrogens with zero attached hydrogens (tertiary/aromatic N) is 2. The van der Waals surface area contributed by atoms with Gasteiger partial charge in [-0.15, -0.1) is 5.06 Å². The van der Waals surface area contributed by atoms with Crippen LogP contribution in [0, 0.1) is 0 Å². The van der Waals surface area contributed by atoms with Crippen LogP contribution in [-0.2, 0) is 10.0 Å². The zero-order valence-corrected chi connectivity index (χ0v) is 15.1. The number of urea groups is 1. The minimum atomic E-state index is -3.86. The molecule has 140 valence electrons. The van der Waals surface area contributed by atoms with Crippen LogP contribution in [0.4, 0.5) is 10.8 Å². The molecule has 0 saturated carbocycles. The van der Waals surface area contributed by atoms with Crippen molar-refractivity contribution in [3.8, 4) is 22.6 Å². The second-order valence-electron chi connectivity index (χ2n) is 5.40. The van der Waals surface area contributed by atoms with Crippen molar-refractivity contribution in [1.82, 2.24) is 4.98 Å². The van der Waals surface area contributed by atoms with Crippen molar-refractivity contribution in [2.75, 3.05) is 5.06 Å². The van der Waals surface area contributed by atoms with Gasteiger partial charge in [0.1, 0.15) is 5.69 Å². The van der Waals surface area contributed by atoms with Gasteiger partial charge in [0.25, 0.3) is 0 Å². The highest BCUT2D eigenvalue weighted by molar-refractivity contribution is 7.89. The Hall–Kier alpha value is -2.92. The third kappa shape index (κ3) is 3.93. The molecule has 0 saturated heterocycles. The number of sulfonamides is 1. The second-order valence-corrected chi connectivity index (χ2v) is 7.40. The molecule has 0 aliphatic heterocycles. The van der Waals surface area contributed by atoms with Gasteiger partial charge in [0.05, 0.1) is 4.90 Å². The number of primary sulfonamides is 1. The monoisotopic (exact) mass is 408 g/mol. The van der Waals surface area contributed by atoms with E-state index < -0.39 is 22.1 Å². The zero-order valence-electron chi connectivity index (χ0n) is 13.5. The first kappa shape index (κ1) is 18.9. The third-order valence-electron chi connectivity index (χ3n) is 3.57. The number of primary amides is 1. The van der Waals surface area contributed by atoms with Crippen LogP contribution in [0.3, 0.4) is 0 Å². The lowest BCUT2D eigenvalue weighted by Gasteiger charge is -2.05. The summed E-state index contributed by atoms with van der Waals surface area (Å²) in [4.78, 5) is 15.2. The molecule has 2 aromatic carbocycles. The second kappa shape index (κ2) is 7.00. The van der Waals surface area contributed by atoms with Gasteiger partial charge in [0, 0.05) is 16.1 Å². The molecule has 9 nitrogen and oxygen atoms in total. The zero-order chi connectivity index (χ0) is 19.8. The lowest BCUT2D eigenvalue weighted by atomic mass is 10.1. The maximum atomic E-state index is 11.4. The smallest absolute Gasteiger partial charge is 0.347 e.